The molecule has 10 heteroatoms. The van der Waals surface area contributed by atoms with Gasteiger partial charge >= 0.3 is 5.97 Å². The number of amides is 1. The Morgan fingerprint density at radius 1 is 1.35 bits per heavy atom. The number of carbonyl (C=O) groups excluding carboxylic acids is 2. The van der Waals surface area contributed by atoms with Crippen molar-refractivity contribution in [3.05, 3.63) is 16.0 Å². The molecule has 1 aliphatic rings. The molecule has 2 aromatic rings. The maximum Gasteiger partial charge on any atom is 0.341 e. The molecule has 0 unspecified atom stereocenters. The molecule has 3 rings (SSSR count). The molecule has 140 valence electrons. The maximum absolute atomic E-state index is 12.4. The summed E-state index contributed by atoms with van der Waals surface area (Å²) in [6.45, 7) is 3.75. The van der Waals surface area contributed by atoms with Gasteiger partial charge in [0.05, 0.1) is 24.5 Å². The summed E-state index contributed by atoms with van der Waals surface area (Å²) in [7, 11) is 1.33. The number of nitrogens with one attached hydrogen (secondary N) is 1. The number of rotatable bonds is 6. The molecular formula is C16H21N5O3S2. The average Bonchev–Trinajstić information content (AvgIpc) is 3.34. The standard InChI is InChI=1S/C16H21N5O3S2/c1-9-10(2)26-14(13(9)15(23)24-3)17-12(22)8-25-16-18-19-20-21(16)11-6-4-5-7-11/h11H,4-8H2,1-3H3,(H,17,22). The van der Waals surface area contributed by atoms with Crippen molar-refractivity contribution in [2.75, 3.05) is 18.2 Å². The fourth-order valence-electron chi connectivity index (χ4n) is 3.01. The van der Waals surface area contributed by atoms with Crippen LogP contribution in [0.3, 0.4) is 0 Å². The molecule has 0 radical (unpaired) electrons. The first-order valence-corrected chi connectivity index (χ1v) is 10.2. The van der Waals surface area contributed by atoms with Crippen molar-refractivity contribution in [3.8, 4) is 0 Å². The zero-order chi connectivity index (χ0) is 18.7. The number of nitrogens with zero attached hydrogens (tertiary/aromatic N) is 4. The largest absolute Gasteiger partial charge is 0.465 e. The van der Waals surface area contributed by atoms with Gasteiger partial charge in [-0.15, -0.1) is 16.4 Å². The highest BCUT2D eigenvalue weighted by Crippen LogP contribution is 2.34. The summed E-state index contributed by atoms with van der Waals surface area (Å²) in [5.74, 6) is -0.480. The lowest BCUT2D eigenvalue weighted by atomic mass is 10.1. The Morgan fingerprint density at radius 2 is 2.08 bits per heavy atom. The maximum atomic E-state index is 12.4. The minimum absolute atomic E-state index is 0.170. The Bertz CT molecular complexity index is 811. The number of thiophene rings is 1. The second-order valence-corrected chi connectivity index (χ2v) is 8.33. The van der Waals surface area contributed by atoms with Gasteiger partial charge in [-0.05, 0) is 42.7 Å². The summed E-state index contributed by atoms with van der Waals surface area (Å²) in [6.07, 6.45) is 4.51. The number of esters is 1. The van der Waals surface area contributed by atoms with E-state index in [1.54, 1.807) is 0 Å². The van der Waals surface area contributed by atoms with Gasteiger partial charge in [-0.25, -0.2) is 9.48 Å². The van der Waals surface area contributed by atoms with Crippen molar-refractivity contribution >= 4 is 40.0 Å². The summed E-state index contributed by atoms with van der Waals surface area (Å²) >= 11 is 2.67. The van der Waals surface area contributed by atoms with Crippen LogP contribution in [0.25, 0.3) is 0 Å². The zero-order valence-corrected chi connectivity index (χ0v) is 16.6. The third-order valence-electron chi connectivity index (χ3n) is 4.49. The summed E-state index contributed by atoms with van der Waals surface area (Å²) < 4.78 is 6.65. The molecule has 26 heavy (non-hydrogen) atoms. The second kappa shape index (κ2) is 8.17. The van der Waals surface area contributed by atoms with E-state index >= 15 is 0 Å². The van der Waals surface area contributed by atoms with E-state index in [4.69, 9.17) is 4.74 Å². The number of hydrogen-bond acceptors (Lipinski definition) is 8. The molecule has 0 bridgehead atoms. The van der Waals surface area contributed by atoms with E-state index in [2.05, 4.69) is 20.8 Å². The van der Waals surface area contributed by atoms with Gasteiger partial charge in [-0.1, -0.05) is 24.6 Å². The van der Waals surface area contributed by atoms with E-state index in [-0.39, 0.29) is 11.7 Å². The van der Waals surface area contributed by atoms with E-state index in [0.29, 0.717) is 21.8 Å². The molecule has 0 saturated heterocycles. The second-order valence-electron chi connectivity index (χ2n) is 6.16. The van der Waals surface area contributed by atoms with Crippen molar-refractivity contribution in [2.45, 2.75) is 50.7 Å². The molecule has 0 aliphatic heterocycles. The molecule has 1 aliphatic carbocycles. The Labute approximate surface area is 159 Å². The summed E-state index contributed by atoms with van der Waals surface area (Å²) in [5, 5.41) is 15.8. The third-order valence-corrected chi connectivity index (χ3v) is 6.55. The van der Waals surface area contributed by atoms with Gasteiger partial charge in [-0.3, -0.25) is 4.79 Å². The molecule has 8 nitrogen and oxygen atoms in total. The van der Waals surface area contributed by atoms with E-state index in [9.17, 15) is 9.59 Å². The molecule has 1 saturated carbocycles. The topological polar surface area (TPSA) is 99.0 Å². The summed E-state index contributed by atoms with van der Waals surface area (Å²) in [6, 6.07) is 0.323. The van der Waals surface area contributed by atoms with Gasteiger partial charge in [0.25, 0.3) is 0 Å². The molecule has 2 aromatic heterocycles. The molecule has 0 atom stereocenters. The van der Waals surface area contributed by atoms with E-state index in [1.165, 1.54) is 43.1 Å². The third kappa shape index (κ3) is 3.90. The Kier molecular flexibility index (Phi) is 5.92. The van der Waals surface area contributed by atoms with Crippen LogP contribution in [0.4, 0.5) is 5.00 Å². The average molecular weight is 396 g/mol. The fraction of sp³-hybridized carbons (Fsp3) is 0.562. The molecule has 2 heterocycles. The van der Waals surface area contributed by atoms with Gasteiger partial charge in [0, 0.05) is 4.88 Å². The van der Waals surface area contributed by atoms with Gasteiger partial charge in [0.1, 0.15) is 5.00 Å². The predicted molar refractivity (Wildman–Crippen MR) is 99.8 cm³/mol. The smallest absolute Gasteiger partial charge is 0.341 e. The van der Waals surface area contributed by atoms with Gasteiger partial charge in [0.15, 0.2) is 0 Å². The summed E-state index contributed by atoms with van der Waals surface area (Å²) in [4.78, 5) is 25.3. The Morgan fingerprint density at radius 3 is 2.77 bits per heavy atom. The van der Waals surface area contributed by atoms with Crippen molar-refractivity contribution in [1.29, 1.82) is 0 Å². The molecule has 1 fully saturated rings. The molecule has 1 amide bonds. The minimum atomic E-state index is -0.444. The van der Waals surface area contributed by atoms with Crippen molar-refractivity contribution in [3.63, 3.8) is 0 Å². The Balaban J connectivity index is 1.65. The molecule has 0 spiro atoms. The first-order chi connectivity index (χ1) is 12.5. The van der Waals surface area contributed by atoms with E-state index < -0.39 is 5.97 Å². The van der Waals surface area contributed by atoms with Crippen molar-refractivity contribution < 1.29 is 14.3 Å². The van der Waals surface area contributed by atoms with Crippen LogP contribution >= 0.6 is 23.1 Å². The highest BCUT2D eigenvalue weighted by molar-refractivity contribution is 7.99. The van der Waals surface area contributed by atoms with E-state index in [0.717, 1.165) is 23.3 Å². The van der Waals surface area contributed by atoms with Gasteiger partial charge < -0.3 is 10.1 Å². The van der Waals surface area contributed by atoms with Gasteiger partial charge in [0.2, 0.25) is 11.1 Å². The lowest BCUT2D eigenvalue weighted by molar-refractivity contribution is -0.113. The zero-order valence-electron chi connectivity index (χ0n) is 14.9. The van der Waals surface area contributed by atoms with Crippen molar-refractivity contribution in [1.82, 2.24) is 20.2 Å². The number of aromatic nitrogens is 4. The number of ether oxygens (including phenoxy) is 1. The van der Waals surface area contributed by atoms with E-state index in [1.807, 2.05) is 18.5 Å². The quantitative estimate of drug-likeness (QED) is 0.593. The first kappa shape index (κ1) is 18.8. The molecular weight excluding hydrogens is 374 g/mol. The van der Waals surface area contributed by atoms with Crippen LogP contribution in [-0.2, 0) is 9.53 Å². The normalized spacial score (nSPS) is 14.6. The van der Waals surface area contributed by atoms with Crippen LogP contribution in [-0.4, -0.2) is 44.9 Å². The SMILES string of the molecule is COC(=O)c1c(NC(=O)CSc2nnnn2C2CCCC2)sc(C)c1C. The van der Waals surface area contributed by atoms with Crippen LogP contribution in [0.5, 0.6) is 0 Å². The van der Waals surface area contributed by atoms with Crippen molar-refractivity contribution in [2.24, 2.45) is 0 Å². The fourth-order valence-corrected chi connectivity index (χ4v) is 4.82. The minimum Gasteiger partial charge on any atom is -0.465 e. The lowest BCUT2D eigenvalue weighted by Crippen LogP contribution is -2.17. The number of thioether (sulfide) groups is 1. The van der Waals surface area contributed by atoms with Crippen LogP contribution in [0.2, 0.25) is 0 Å². The number of aryl methyl sites for hydroxylation is 1. The number of methoxy groups -OCH3 is 1. The van der Waals surface area contributed by atoms with Crippen LogP contribution in [0, 0.1) is 13.8 Å². The molecule has 1 N–H and O–H groups in total. The summed E-state index contributed by atoms with van der Waals surface area (Å²) in [5.41, 5.74) is 1.25. The van der Waals surface area contributed by atoms with Crippen LogP contribution in [0.1, 0.15) is 52.5 Å². The highest BCUT2D eigenvalue weighted by atomic mass is 32.2. The van der Waals surface area contributed by atoms with Crippen LogP contribution in [0.15, 0.2) is 5.16 Å². The number of hydrogen-bond donors (Lipinski definition) is 1. The lowest BCUT2D eigenvalue weighted by Gasteiger charge is -2.10. The van der Waals surface area contributed by atoms with Gasteiger partial charge in [-0.2, -0.15) is 0 Å². The first-order valence-electron chi connectivity index (χ1n) is 8.40. The number of anilines is 1. The number of tetrazole rings is 1. The predicted octanol–water partition coefficient (Wildman–Crippen LogP) is 2.98. The molecule has 0 aromatic carbocycles. The monoisotopic (exact) mass is 395 g/mol. The van der Waals surface area contributed by atoms with Crippen LogP contribution < -0.4 is 5.32 Å². The highest BCUT2D eigenvalue weighted by Gasteiger charge is 2.24. The Hall–Kier alpha value is -1.94. The number of carbonyl (C=O) groups is 2.